The third-order valence-electron chi connectivity index (χ3n) is 9.20. The van der Waals surface area contributed by atoms with Crippen LogP contribution in [0.2, 0.25) is 0 Å². The molecule has 4 fully saturated rings. The summed E-state index contributed by atoms with van der Waals surface area (Å²) in [5.41, 5.74) is 7.12. The molecule has 3 N–H and O–H groups in total. The number of carbonyl (C=O) groups excluding carboxylic acids is 4. The van der Waals surface area contributed by atoms with Crippen LogP contribution in [0.15, 0.2) is 24.3 Å². The summed E-state index contributed by atoms with van der Waals surface area (Å²) >= 11 is 0. The Kier molecular flexibility index (Phi) is 8.20. The summed E-state index contributed by atoms with van der Waals surface area (Å²) < 4.78 is 0. The zero-order valence-corrected chi connectivity index (χ0v) is 24.1. The van der Waals surface area contributed by atoms with Gasteiger partial charge < -0.3 is 30.7 Å². The molecule has 40 heavy (non-hydrogen) atoms. The third-order valence-corrected chi connectivity index (χ3v) is 9.20. The number of carbonyl (C=O) groups is 4. The molecule has 4 aliphatic rings. The average molecular weight is 553 g/mol. The first-order valence-corrected chi connectivity index (χ1v) is 14.8. The van der Waals surface area contributed by atoms with Crippen LogP contribution in [-0.2, 0) is 14.4 Å². The van der Waals surface area contributed by atoms with Crippen molar-refractivity contribution in [3.8, 4) is 0 Å². The van der Waals surface area contributed by atoms with Crippen LogP contribution < -0.4 is 16.0 Å². The zero-order chi connectivity index (χ0) is 28.6. The molecule has 0 spiro atoms. The largest absolute Gasteiger partial charge is 0.369 e. The van der Waals surface area contributed by atoms with Gasteiger partial charge in [-0.25, -0.2) is 0 Å². The fourth-order valence-corrected chi connectivity index (χ4v) is 6.87. The highest BCUT2D eigenvalue weighted by Gasteiger charge is 2.55. The van der Waals surface area contributed by atoms with E-state index in [4.69, 9.17) is 5.73 Å². The first-order chi connectivity index (χ1) is 19.1. The molecule has 3 atom stereocenters. The van der Waals surface area contributed by atoms with Crippen LogP contribution >= 0.6 is 0 Å². The lowest BCUT2D eigenvalue weighted by atomic mass is 9.96. The molecule has 0 radical (unpaired) electrons. The van der Waals surface area contributed by atoms with Crippen molar-refractivity contribution in [3.63, 3.8) is 0 Å². The number of ketones is 1. The Morgan fingerprint density at radius 1 is 1.00 bits per heavy atom. The quantitative estimate of drug-likeness (QED) is 0.522. The molecule has 3 saturated heterocycles. The molecule has 218 valence electrons. The lowest BCUT2D eigenvalue weighted by Crippen LogP contribution is -2.56. The second kappa shape index (κ2) is 11.5. The number of anilines is 1. The molecule has 1 aromatic rings. The van der Waals surface area contributed by atoms with Crippen molar-refractivity contribution in [2.75, 3.05) is 51.2 Å². The zero-order valence-electron chi connectivity index (χ0n) is 24.1. The standard InChI is InChI=1S/C30H44N6O4/c1-20(2)18-23(32-27(38)21-6-8-22(9-7-21)34-16-14-33(3)15-17-34)28(39)35-13-10-24-26(35)25(37)19-36(24)29(40)30(31)11-4-5-12-30/h6-9,20,23-24,26H,4-5,10-19,31H2,1-3H3,(H,32,38). The summed E-state index contributed by atoms with van der Waals surface area (Å²) in [6.07, 6.45) is 4.10. The smallest absolute Gasteiger partial charge is 0.251 e. The molecule has 1 saturated carbocycles. The van der Waals surface area contributed by atoms with Crippen LogP contribution in [0.1, 0.15) is 62.7 Å². The number of hydrogen-bond acceptors (Lipinski definition) is 7. The number of hydrogen-bond donors (Lipinski definition) is 2. The van der Waals surface area contributed by atoms with E-state index in [0.717, 1.165) is 44.7 Å². The van der Waals surface area contributed by atoms with Gasteiger partial charge in [-0.2, -0.15) is 0 Å². The summed E-state index contributed by atoms with van der Waals surface area (Å²) in [5.74, 6) is -0.689. The summed E-state index contributed by atoms with van der Waals surface area (Å²) in [6.45, 7) is 8.28. The van der Waals surface area contributed by atoms with E-state index in [0.29, 0.717) is 37.8 Å². The van der Waals surface area contributed by atoms with Crippen LogP contribution in [0.25, 0.3) is 0 Å². The molecule has 3 unspecified atom stereocenters. The van der Waals surface area contributed by atoms with Crippen LogP contribution in [0.4, 0.5) is 5.69 Å². The van der Waals surface area contributed by atoms with Crippen LogP contribution in [0.5, 0.6) is 0 Å². The molecule has 5 rings (SSSR count). The van der Waals surface area contributed by atoms with Crippen molar-refractivity contribution in [1.82, 2.24) is 20.0 Å². The minimum atomic E-state index is -0.902. The molecule has 0 bridgehead atoms. The topological polar surface area (TPSA) is 119 Å². The van der Waals surface area contributed by atoms with Gasteiger partial charge in [-0.15, -0.1) is 0 Å². The van der Waals surface area contributed by atoms with Crippen LogP contribution in [-0.4, -0.2) is 108 Å². The fraction of sp³-hybridized carbons (Fsp3) is 0.667. The Labute approximate surface area is 237 Å². The van der Waals surface area contributed by atoms with Gasteiger partial charge in [0.15, 0.2) is 5.78 Å². The fourth-order valence-electron chi connectivity index (χ4n) is 6.87. The van der Waals surface area contributed by atoms with Gasteiger partial charge in [0, 0.05) is 44.0 Å². The summed E-state index contributed by atoms with van der Waals surface area (Å²) in [5, 5.41) is 2.96. The number of benzene rings is 1. The van der Waals surface area contributed by atoms with Crippen molar-refractivity contribution in [2.45, 2.75) is 76.0 Å². The number of amides is 3. The highest BCUT2D eigenvalue weighted by atomic mass is 16.2. The molecule has 1 aromatic carbocycles. The monoisotopic (exact) mass is 552 g/mol. The molecular formula is C30H44N6O4. The molecule has 3 aliphatic heterocycles. The van der Waals surface area contributed by atoms with Gasteiger partial charge in [0.2, 0.25) is 11.8 Å². The van der Waals surface area contributed by atoms with Crippen molar-refractivity contribution in [3.05, 3.63) is 29.8 Å². The van der Waals surface area contributed by atoms with Crippen molar-refractivity contribution < 1.29 is 19.2 Å². The number of nitrogens with one attached hydrogen (secondary N) is 1. The van der Waals surface area contributed by atoms with Gasteiger partial charge >= 0.3 is 0 Å². The molecular weight excluding hydrogens is 508 g/mol. The number of likely N-dealkylation sites (tertiary alicyclic amines) is 2. The number of Topliss-reactive ketones (excluding diaryl/α,β-unsaturated/α-hetero) is 1. The maximum absolute atomic E-state index is 13.8. The lowest BCUT2D eigenvalue weighted by molar-refractivity contribution is -0.138. The summed E-state index contributed by atoms with van der Waals surface area (Å²) in [4.78, 5) is 61.4. The van der Waals surface area contributed by atoms with Gasteiger partial charge in [-0.1, -0.05) is 26.7 Å². The number of nitrogens with two attached hydrogens (primary N) is 1. The third kappa shape index (κ3) is 5.61. The van der Waals surface area contributed by atoms with Crippen molar-refractivity contribution in [1.29, 1.82) is 0 Å². The molecule has 3 heterocycles. The van der Waals surface area contributed by atoms with Crippen molar-refractivity contribution in [2.24, 2.45) is 11.7 Å². The SMILES string of the molecule is CC(C)CC(NC(=O)c1ccc(N2CCN(C)CC2)cc1)C(=O)N1CCC2C1C(=O)CN2C(=O)C1(N)CCCC1. The maximum Gasteiger partial charge on any atom is 0.251 e. The second-order valence-corrected chi connectivity index (χ2v) is 12.6. The normalized spacial score (nSPS) is 25.4. The van der Waals surface area contributed by atoms with E-state index in [9.17, 15) is 19.2 Å². The molecule has 1 aliphatic carbocycles. The van der Waals surface area contributed by atoms with E-state index in [1.54, 1.807) is 21.9 Å². The Morgan fingerprint density at radius 3 is 2.27 bits per heavy atom. The highest BCUT2D eigenvalue weighted by molar-refractivity contribution is 6.01. The van der Waals surface area contributed by atoms with Gasteiger partial charge in [-0.3, -0.25) is 19.2 Å². The summed E-state index contributed by atoms with van der Waals surface area (Å²) in [6, 6.07) is 5.77. The Morgan fingerprint density at radius 2 is 1.65 bits per heavy atom. The highest BCUT2D eigenvalue weighted by Crippen LogP contribution is 2.36. The first-order valence-electron chi connectivity index (χ1n) is 14.8. The van der Waals surface area contributed by atoms with Gasteiger partial charge in [0.25, 0.3) is 5.91 Å². The Balaban J connectivity index is 1.26. The number of nitrogens with zero attached hydrogens (tertiary/aromatic N) is 4. The van der Waals surface area contributed by atoms with Crippen molar-refractivity contribution >= 4 is 29.2 Å². The van der Waals surface area contributed by atoms with Crippen LogP contribution in [0.3, 0.4) is 0 Å². The average Bonchev–Trinajstić information content (AvgIpc) is 3.65. The van der Waals surface area contributed by atoms with E-state index in [-0.39, 0.29) is 42.0 Å². The predicted molar refractivity (Wildman–Crippen MR) is 153 cm³/mol. The van der Waals surface area contributed by atoms with E-state index in [1.165, 1.54) is 0 Å². The van der Waals surface area contributed by atoms with E-state index < -0.39 is 17.6 Å². The van der Waals surface area contributed by atoms with E-state index in [1.807, 2.05) is 26.0 Å². The Bertz CT molecular complexity index is 1120. The molecule has 10 heteroatoms. The number of likely N-dealkylation sites (N-methyl/N-ethyl adjacent to an activating group) is 1. The first kappa shape index (κ1) is 28.5. The number of rotatable bonds is 7. The summed E-state index contributed by atoms with van der Waals surface area (Å²) in [7, 11) is 2.12. The van der Waals surface area contributed by atoms with Gasteiger partial charge in [0.1, 0.15) is 12.1 Å². The lowest BCUT2D eigenvalue weighted by Gasteiger charge is -2.34. The van der Waals surface area contributed by atoms with E-state index >= 15 is 0 Å². The van der Waals surface area contributed by atoms with Crippen LogP contribution in [0, 0.1) is 5.92 Å². The molecule has 0 aromatic heterocycles. The van der Waals surface area contributed by atoms with Gasteiger partial charge in [-0.05, 0) is 62.9 Å². The number of fused-ring (bicyclic) bond motifs is 1. The predicted octanol–water partition coefficient (Wildman–Crippen LogP) is 1.24. The minimum absolute atomic E-state index is 0.00223. The second-order valence-electron chi connectivity index (χ2n) is 12.6. The van der Waals surface area contributed by atoms with Gasteiger partial charge in [0.05, 0.1) is 18.1 Å². The maximum atomic E-state index is 13.8. The number of piperazine rings is 1. The minimum Gasteiger partial charge on any atom is -0.369 e. The van der Waals surface area contributed by atoms with E-state index in [2.05, 4.69) is 22.2 Å². The molecule has 10 nitrogen and oxygen atoms in total. The Hall–Kier alpha value is -2.98. The molecule has 3 amide bonds.